The van der Waals surface area contributed by atoms with E-state index < -0.39 is 17.2 Å². The molecule has 6 heteroatoms. The van der Waals surface area contributed by atoms with Crippen LogP contribution in [0.4, 0.5) is 8.78 Å². The second-order valence-electron chi connectivity index (χ2n) is 2.36. The lowest BCUT2D eigenvalue weighted by Crippen LogP contribution is -2.02. The number of hydrogen-bond donors (Lipinski definition) is 0. The first-order valence-corrected chi connectivity index (χ1v) is 3.96. The van der Waals surface area contributed by atoms with Crippen LogP contribution < -0.4 is 4.74 Å². The van der Waals surface area contributed by atoms with Gasteiger partial charge in [-0.1, -0.05) is 0 Å². The number of hydrogen-bond acceptors (Lipinski definition) is 3. The molecule has 1 aromatic heterocycles. The number of ether oxygens (including phenoxy) is 1. The molecule has 0 radical (unpaired) electrons. The minimum absolute atomic E-state index is 0.275. The Morgan fingerprint density at radius 1 is 1.64 bits per heavy atom. The third kappa shape index (κ3) is 1.98. The predicted octanol–water partition coefficient (Wildman–Crippen LogP) is 2.41. The Morgan fingerprint density at radius 3 is 2.71 bits per heavy atom. The van der Waals surface area contributed by atoms with Crippen molar-refractivity contribution in [1.82, 2.24) is 4.98 Å². The van der Waals surface area contributed by atoms with Crippen LogP contribution >= 0.6 is 11.6 Å². The summed E-state index contributed by atoms with van der Waals surface area (Å²) in [6.45, 7) is 0. The van der Waals surface area contributed by atoms with E-state index in [0.717, 1.165) is 12.3 Å². The van der Waals surface area contributed by atoms with E-state index in [4.69, 9.17) is 11.6 Å². The summed E-state index contributed by atoms with van der Waals surface area (Å²) in [6.07, 6.45) is -1.65. The highest BCUT2D eigenvalue weighted by molar-refractivity contribution is 6.67. The van der Waals surface area contributed by atoms with Crippen LogP contribution in [0.3, 0.4) is 0 Å². The first kappa shape index (κ1) is 10.8. The lowest BCUT2D eigenvalue weighted by atomic mass is 10.2. The minimum atomic E-state index is -2.73. The molecular weight excluding hydrogens is 216 g/mol. The van der Waals surface area contributed by atoms with Crippen molar-refractivity contribution < 1.29 is 18.3 Å². The van der Waals surface area contributed by atoms with Gasteiger partial charge in [-0.15, -0.1) is 0 Å². The average Bonchev–Trinajstić information content (AvgIpc) is 2.16. The Hall–Kier alpha value is -1.23. The maximum absolute atomic E-state index is 12.4. The number of alkyl halides is 2. The fourth-order valence-corrected chi connectivity index (χ4v) is 1.12. The molecule has 76 valence electrons. The van der Waals surface area contributed by atoms with Crippen LogP contribution in [-0.4, -0.2) is 17.3 Å². The Labute approximate surface area is 83.7 Å². The average molecular weight is 222 g/mol. The van der Waals surface area contributed by atoms with Gasteiger partial charge in [-0.05, 0) is 17.7 Å². The normalized spacial score (nSPS) is 10.4. The fourth-order valence-electron chi connectivity index (χ4n) is 0.990. The number of halogens is 3. The second-order valence-corrected chi connectivity index (χ2v) is 2.70. The molecule has 0 bridgehead atoms. The van der Waals surface area contributed by atoms with E-state index >= 15 is 0 Å². The van der Waals surface area contributed by atoms with Crippen molar-refractivity contribution in [1.29, 1.82) is 0 Å². The van der Waals surface area contributed by atoms with Crippen LogP contribution in [-0.2, 0) is 0 Å². The number of carbonyl (C=O) groups excluding carboxylic acids is 1. The summed E-state index contributed by atoms with van der Waals surface area (Å²) in [5.74, 6) is -0.275. The molecule has 0 amide bonds. The number of pyridine rings is 1. The quantitative estimate of drug-likeness (QED) is 0.736. The lowest BCUT2D eigenvalue weighted by Gasteiger charge is -2.08. The van der Waals surface area contributed by atoms with Crippen LogP contribution in [0.15, 0.2) is 12.3 Å². The third-order valence-electron chi connectivity index (χ3n) is 1.56. The van der Waals surface area contributed by atoms with Crippen molar-refractivity contribution in [2.45, 2.75) is 6.43 Å². The van der Waals surface area contributed by atoms with Crippen LogP contribution in [0.1, 0.15) is 22.5 Å². The number of rotatable bonds is 3. The third-order valence-corrected chi connectivity index (χ3v) is 1.74. The smallest absolute Gasteiger partial charge is 0.274 e. The van der Waals surface area contributed by atoms with Gasteiger partial charge in [0.25, 0.3) is 11.7 Å². The van der Waals surface area contributed by atoms with E-state index in [1.165, 1.54) is 7.11 Å². The molecule has 0 aliphatic carbocycles. The molecule has 1 rings (SSSR count). The monoisotopic (exact) mass is 221 g/mol. The molecule has 1 heterocycles. The summed E-state index contributed by atoms with van der Waals surface area (Å²) in [4.78, 5) is 14.3. The Bertz CT molecular complexity index is 357. The Morgan fingerprint density at radius 2 is 2.29 bits per heavy atom. The zero-order valence-corrected chi connectivity index (χ0v) is 7.89. The first-order chi connectivity index (χ1) is 6.57. The van der Waals surface area contributed by atoms with E-state index in [9.17, 15) is 13.6 Å². The molecule has 0 fully saturated rings. The summed E-state index contributed by atoms with van der Waals surface area (Å²) in [7, 11) is 1.17. The standard InChI is InChI=1S/C8H6ClF2NO2/c1-14-6-4(8(10)11)2-3-12-5(6)7(9)13/h2-3,8H,1H3. The summed E-state index contributed by atoms with van der Waals surface area (Å²) in [5, 5.41) is -0.927. The summed E-state index contributed by atoms with van der Waals surface area (Å²) in [6, 6.07) is 1.08. The van der Waals surface area contributed by atoms with Crippen LogP contribution in [0.25, 0.3) is 0 Å². The van der Waals surface area contributed by atoms with Crippen molar-refractivity contribution in [2.24, 2.45) is 0 Å². The molecule has 0 aromatic carbocycles. The number of methoxy groups -OCH3 is 1. The van der Waals surface area contributed by atoms with Crippen LogP contribution in [0.2, 0.25) is 0 Å². The van der Waals surface area contributed by atoms with Gasteiger partial charge in [0.15, 0.2) is 11.4 Å². The van der Waals surface area contributed by atoms with Crippen molar-refractivity contribution in [3.8, 4) is 5.75 Å². The van der Waals surface area contributed by atoms with Crippen molar-refractivity contribution in [3.05, 3.63) is 23.5 Å². The molecule has 0 spiro atoms. The largest absolute Gasteiger partial charge is 0.494 e. The van der Waals surface area contributed by atoms with Crippen LogP contribution in [0.5, 0.6) is 5.75 Å². The van der Waals surface area contributed by atoms with Gasteiger partial charge < -0.3 is 4.74 Å². The topological polar surface area (TPSA) is 39.2 Å². The first-order valence-electron chi connectivity index (χ1n) is 3.58. The molecule has 0 unspecified atom stereocenters. The van der Waals surface area contributed by atoms with E-state index in [1.54, 1.807) is 0 Å². The maximum Gasteiger partial charge on any atom is 0.274 e. The summed E-state index contributed by atoms with van der Waals surface area (Å²) in [5.41, 5.74) is -0.696. The molecule has 3 nitrogen and oxygen atoms in total. The lowest BCUT2D eigenvalue weighted by molar-refractivity contribution is 0.107. The van der Waals surface area contributed by atoms with E-state index in [1.807, 2.05) is 0 Å². The number of carbonyl (C=O) groups is 1. The van der Waals surface area contributed by atoms with E-state index in [2.05, 4.69) is 9.72 Å². The summed E-state index contributed by atoms with van der Waals surface area (Å²) < 4.78 is 29.4. The van der Waals surface area contributed by atoms with Crippen molar-refractivity contribution >= 4 is 16.8 Å². The van der Waals surface area contributed by atoms with Crippen molar-refractivity contribution in [3.63, 3.8) is 0 Å². The number of aromatic nitrogens is 1. The molecule has 1 aromatic rings. The van der Waals surface area contributed by atoms with E-state index in [0.29, 0.717) is 0 Å². The molecule has 0 saturated carbocycles. The fraction of sp³-hybridized carbons (Fsp3) is 0.250. The highest BCUT2D eigenvalue weighted by atomic mass is 35.5. The summed E-state index contributed by atoms with van der Waals surface area (Å²) >= 11 is 5.14. The molecule has 0 aliphatic heterocycles. The maximum atomic E-state index is 12.4. The zero-order chi connectivity index (χ0) is 10.7. The van der Waals surface area contributed by atoms with E-state index in [-0.39, 0.29) is 11.4 Å². The Kier molecular flexibility index (Phi) is 3.35. The van der Waals surface area contributed by atoms with Gasteiger partial charge in [0, 0.05) is 6.20 Å². The molecular formula is C8H6ClF2NO2. The second kappa shape index (κ2) is 4.32. The highest BCUT2D eigenvalue weighted by Crippen LogP contribution is 2.31. The van der Waals surface area contributed by atoms with Crippen LogP contribution in [0, 0.1) is 0 Å². The van der Waals surface area contributed by atoms with Gasteiger partial charge in [-0.3, -0.25) is 4.79 Å². The SMILES string of the molecule is COc1c(C(F)F)ccnc1C(=O)Cl. The molecule has 0 aliphatic rings. The minimum Gasteiger partial charge on any atom is -0.494 e. The molecule has 0 atom stereocenters. The van der Waals surface area contributed by atoms with Crippen molar-refractivity contribution in [2.75, 3.05) is 7.11 Å². The molecule has 0 saturated heterocycles. The predicted molar refractivity (Wildman–Crippen MR) is 45.9 cm³/mol. The van der Waals surface area contributed by atoms with Gasteiger partial charge in [0.1, 0.15) is 0 Å². The molecule has 14 heavy (non-hydrogen) atoms. The number of nitrogens with zero attached hydrogens (tertiary/aromatic N) is 1. The Balaban J connectivity index is 3.32. The zero-order valence-electron chi connectivity index (χ0n) is 7.13. The highest BCUT2D eigenvalue weighted by Gasteiger charge is 2.20. The van der Waals surface area contributed by atoms with Gasteiger partial charge in [-0.25, -0.2) is 13.8 Å². The van der Waals surface area contributed by atoms with Gasteiger partial charge in [0.05, 0.1) is 12.7 Å². The van der Waals surface area contributed by atoms with Gasteiger partial charge >= 0.3 is 0 Å². The molecule has 0 N–H and O–H groups in total. The van der Waals surface area contributed by atoms with Gasteiger partial charge in [0.2, 0.25) is 0 Å². The van der Waals surface area contributed by atoms with Gasteiger partial charge in [-0.2, -0.15) is 0 Å².